The maximum atomic E-state index is 11.5. The van der Waals surface area contributed by atoms with Gasteiger partial charge in [0.15, 0.2) is 0 Å². The average molecular weight is 238 g/mol. The summed E-state index contributed by atoms with van der Waals surface area (Å²) in [7, 11) is 1.33. The highest BCUT2D eigenvalue weighted by Gasteiger charge is 2.12. The largest absolute Gasteiger partial charge is 0.465 e. The molecule has 2 N–H and O–H groups in total. The number of hydrogen-bond acceptors (Lipinski definition) is 3. The van der Waals surface area contributed by atoms with E-state index in [1.807, 2.05) is 0 Å². The van der Waals surface area contributed by atoms with Crippen LogP contribution in [-0.2, 0) is 4.74 Å². The molecule has 0 saturated heterocycles. The van der Waals surface area contributed by atoms with E-state index in [-0.39, 0.29) is 5.88 Å². The monoisotopic (exact) mass is 237 g/mol. The molecule has 0 spiro atoms. The van der Waals surface area contributed by atoms with Crippen molar-refractivity contribution in [3.8, 4) is 11.8 Å². The Morgan fingerprint density at radius 2 is 2.25 bits per heavy atom. The Bertz CT molecular complexity index is 472. The van der Waals surface area contributed by atoms with Crippen LogP contribution in [0.3, 0.4) is 0 Å². The molecule has 0 aliphatic heterocycles. The first kappa shape index (κ1) is 12.4. The fraction of sp³-hybridized carbons (Fsp3) is 0.250. The number of rotatable bonds is 1. The van der Waals surface area contributed by atoms with Gasteiger partial charge < -0.3 is 10.5 Å². The first-order valence-corrected chi connectivity index (χ1v) is 5.17. The molecule has 0 fully saturated rings. The first-order chi connectivity index (χ1) is 7.60. The van der Waals surface area contributed by atoms with E-state index in [4.69, 9.17) is 17.3 Å². The molecule has 16 heavy (non-hydrogen) atoms. The van der Waals surface area contributed by atoms with Crippen LogP contribution in [0, 0.1) is 18.8 Å². The molecule has 0 aliphatic carbocycles. The van der Waals surface area contributed by atoms with Crippen LogP contribution in [0.5, 0.6) is 0 Å². The van der Waals surface area contributed by atoms with Gasteiger partial charge in [-0.3, -0.25) is 0 Å². The molecule has 0 aliphatic rings. The second-order valence-corrected chi connectivity index (χ2v) is 3.43. The minimum Gasteiger partial charge on any atom is -0.465 e. The van der Waals surface area contributed by atoms with Crippen LogP contribution in [-0.4, -0.2) is 19.0 Å². The minimum atomic E-state index is -0.418. The molecule has 84 valence electrons. The van der Waals surface area contributed by atoms with Crippen molar-refractivity contribution in [1.82, 2.24) is 0 Å². The van der Waals surface area contributed by atoms with E-state index >= 15 is 0 Å². The summed E-state index contributed by atoms with van der Waals surface area (Å²) in [5.74, 6) is 5.33. The van der Waals surface area contributed by atoms with Crippen molar-refractivity contribution in [1.29, 1.82) is 0 Å². The van der Waals surface area contributed by atoms with Gasteiger partial charge in [-0.2, -0.15) is 0 Å². The number of carbonyl (C=O) groups excluding carboxylic acids is 1. The quantitative estimate of drug-likeness (QED) is 0.352. The van der Waals surface area contributed by atoms with Crippen LogP contribution >= 0.6 is 11.6 Å². The van der Waals surface area contributed by atoms with Crippen molar-refractivity contribution >= 4 is 23.3 Å². The number of anilines is 1. The minimum absolute atomic E-state index is 0.237. The van der Waals surface area contributed by atoms with E-state index in [2.05, 4.69) is 16.6 Å². The molecule has 0 atom stereocenters. The van der Waals surface area contributed by atoms with E-state index < -0.39 is 5.97 Å². The Labute approximate surface area is 99.5 Å². The van der Waals surface area contributed by atoms with Crippen molar-refractivity contribution in [2.24, 2.45) is 0 Å². The lowest BCUT2D eigenvalue weighted by Crippen LogP contribution is -2.06. The van der Waals surface area contributed by atoms with E-state index in [9.17, 15) is 4.79 Å². The van der Waals surface area contributed by atoms with Gasteiger partial charge >= 0.3 is 5.97 Å². The standard InChI is InChI=1S/C12H12ClNO2/c1-8-10(12(15)16-2)6-9(4-3-5-13)7-11(8)14/h6-7H,5,14H2,1-2H3. The maximum absolute atomic E-state index is 11.5. The summed E-state index contributed by atoms with van der Waals surface area (Å²) in [5, 5.41) is 0. The lowest BCUT2D eigenvalue weighted by atomic mass is 10.0. The van der Waals surface area contributed by atoms with Crippen molar-refractivity contribution in [3.05, 3.63) is 28.8 Å². The topological polar surface area (TPSA) is 52.3 Å². The Hall–Kier alpha value is -1.66. The molecule has 0 radical (unpaired) electrons. The lowest BCUT2D eigenvalue weighted by Gasteiger charge is -2.07. The molecule has 0 amide bonds. The SMILES string of the molecule is COC(=O)c1cc(C#CCCl)cc(N)c1C. The first-order valence-electron chi connectivity index (χ1n) is 4.63. The van der Waals surface area contributed by atoms with Crippen molar-refractivity contribution in [2.75, 3.05) is 18.7 Å². The molecular formula is C12H12ClNO2. The molecule has 0 unspecified atom stereocenters. The second kappa shape index (κ2) is 5.43. The number of hydrogen-bond donors (Lipinski definition) is 1. The van der Waals surface area contributed by atoms with Gasteiger partial charge in [0.05, 0.1) is 18.6 Å². The third kappa shape index (κ3) is 2.68. The van der Waals surface area contributed by atoms with Crippen molar-refractivity contribution in [3.63, 3.8) is 0 Å². The van der Waals surface area contributed by atoms with Gasteiger partial charge in [0, 0.05) is 11.3 Å². The number of nitrogens with two attached hydrogens (primary N) is 1. The highest BCUT2D eigenvalue weighted by Crippen LogP contribution is 2.19. The molecule has 1 aromatic rings. The summed E-state index contributed by atoms with van der Waals surface area (Å²) in [4.78, 5) is 11.5. The maximum Gasteiger partial charge on any atom is 0.338 e. The zero-order valence-electron chi connectivity index (χ0n) is 9.13. The number of ether oxygens (including phenoxy) is 1. The summed E-state index contributed by atoms with van der Waals surface area (Å²) in [6.45, 7) is 1.76. The zero-order chi connectivity index (χ0) is 12.1. The van der Waals surface area contributed by atoms with E-state index in [0.29, 0.717) is 22.4 Å². The predicted molar refractivity (Wildman–Crippen MR) is 64.5 cm³/mol. The van der Waals surface area contributed by atoms with Gasteiger partial charge in [-0.15, -0.1) is 11.6 Å². The summed E-state index contributed by atoms with van der Waals surface area (Å²) in [5.41, 5.74) is 8.08. The Morgan fingerprint density at radius 1 is 1.56 bits per heavy atom. The zero-order valence-corrected chi connectivity index (χ0v) is 9.89. The number of halogens is 1. The highest BCUT2D eigenvalue weighted by molar-refractivity contribution is 6.19. The smallest absolute Gasteiger partial charge is 0.338 e. The lowest BCUT2D eigenvalue weighted by molar-refractivity contribution is 0.0600. The number of benzene rings is 1. The third-order valence-corrected chi connectivity index (χ3v) is 2.29. The Balaban J connectivity index is 3.27. The second-order valence-electron chi connectivity index (χ2n) is 3.17. The van der Waals surface area contributed by atoms with Gasteiger partial charge in [0.25, 0.3) is 0 Å². The molecule has 0 aromatic heterocycles. The van der Waals surface area contributed by atoms with Crippen LogP contribution in [0.1, 0.15) is 21.5 Å². The molecule has 1 rings (SSSR count). The number of carbonyl (C=O) groups is 1. The van der Waals surface area contributed by atoms with Gasteiger partial charge in [0.2, 0.25) is 0 Å². The van der Waals surface area contributed by atoms with Gasteiger partial charge in [-0.05, 0) is 24.6 Å². The van der Waals surface area contributed by atoms with Crippen LogP contribution < -0.4 is 5.73 Å². The van der Waals surface area contributed by atoms with Crippen LogP contribution in [0.4, 0.5) is 5.69 Å². The van der Waals surface area contributed by atoms with Crippen molar-refractivity contribution in [2.45, 2.75) is 6.92 Å². The molecule has 1 aromatic carbocycles. The molecule has 0 heterocycles. The van der Waals surface area contributed by atoms with E-state index in [0.717, 1.165) is 0 Å². The van der Waals surface area contributed by atoms with E-state index in [1.54, 1.807) is 19.1 Å². The number of methoxy groups -OCH3 is 1. The van der Waals surface area contributed by atoms with Crippen LogP contribution in [0.2, 0.25) is 0 Å². The number of nitrogen functional groups attached to an aromatic ring is 1. The fourth-order valence-electron chi connectivity index (χ4n) is 1.27. The summed E-state index contributed by atoms with van der Waals surface area (Å²) < 4.78 is 4.66. The number of alkyl halides is 1. The average Bonchev–Trinajstić information content (AvgIpc) is 2.29. The molecule has 3 nitrogen and oxygen atoms in total. The Kier molecular flexibility index (Phi) is 4.21. The van der Waals surface area contributed by atoms with Gasteiger partial charge in [0.1, 0.15) is 0 Å². The van der Waals surface area contributed by atoms with Gasteiger partial charge in [-0.25, -0.2) is 4.79 Å². The molecule has 4 heteroatoms. The van der Waals surface area contributed by atoms with Gasteiger partial charge in [-0.1, -0.05) is 11.8 Å². The molecule has 0 saturated carbocycles. The van der Waals surface area contributed by atoms with Crippen LogP contribution in [0.25, 0.3) is 0 Å². The predicted octanol–water partition coefficient (Wildman–Crippen LogP) is 1.95. The molecular weight excluding hydrogens is 226 g/mol. The highest BCUT2D eigenvalue weighted by atomic mass is 35.5. The molecule has 0 bridgehead atoms. The Morgan fingerprint density at radius 3 is 2.81 bits per heavy atom. The fourth-order valence-corrected chi connectivity index (χ4v) is 1.33. The van der Waals surface area contributed by atoms with Crippen molar-refractivity contribution < 1.29 is 9.53 Å². The summed E-state index contributed by atoms with van der Waals surface area (Å²) in [6, 6.07) is 3.36. The number of esters is 1. The summed E-state index contributed by atoms with van der Waals surface area (Å²) >= 11 is 5.46. The third-order valence-electron chi connectivity index (χ3n) is 2.15. The normalized spacial score (nSPS) is 9.19. The van der Waals surface area contributed by atoms with E-state index in [1.165, 1.54) is 7.11 Å². The summed E-state index contributed by atoms with van der Waals surface area (Å²) in [6.07, 6.45) is 0. The van der Waals surface area contributed by atoms with Crippen LogP contribution in [0.15, 0.2) is 12.1 Å².